The van der Waals surface area contributed by atoms with Crippen LogP contribution in [0.2, 0.25) is 0 Å². The van der Waals surface area contributed by atoms with Crippen LogP contribution in [0.3, 0.4) is 0 Å². The number of ether oxygens (including phenoxy) is 1. The largest absolute Gasteiger partial charge is 0.481 e. The van der Waals surface area contributed by atoms with Crippen LogP contribution in [0.4, 0.5) is 0 Å². The van der Waals surface area contributed by atoms with Gasteiger partial charge in [-0.15, -0.1) is 0 Å². The van der Waals surface area contributed by atoms with Crippen molar-refractivity contribution in [2.24, 2.45) is 5.73 Å². The Kier molecular flexibility index (Phi) is 5.36. The van der Waals surface area contributed by atoms with E-state index in [2.05, 4.69) is 0 Å². The summed E-state index contributed by atoms with van der Waals surface area (Å²) in [6.45, 7) is 3.49. The molecule has 14 heavy (non-hydrogen) atoms. The molecular weight excluding hydrogens is 186 g/mol. The lowest BCUT2D eigenvalue weighted by atomic mass is 10.2. The lowest BCUT2D eigenvalue weighted by Gasteiger charge is -2.04. The minimum absolute atomic E-state index is 0.0119. The molecule has 0 radical (unpaired) electrons. The lowest BCUT2D eigenvalue weighted by Crippen LogP contribution is -2.17. The quantitative estimate of drug-likeness (QED) is 0.387. The topological polar surface area (TPSA) is 89.6 Å². The normalized spacial score (nSPS) is 9.29. The molecule has 0 bridgehead atoms. The van der Waals surface area contributed by atoms with E-state index in [4.69, 9.17) is 15.6 Å². The molecule has 0 spiro atoms. The minimum atomic E-state index is -0.906. The summed E-state index contributed by atoms with van der Waals surface area (Å²) in [5.74, 6) is -1.49. The summed E-state index contributed by atoms with van der Waals surface area (Å²) in [5, 5.41) is 8.30. The number of carboxylic acids is 1. The number of hydrogen-bond acceptors (Lipinski definition) is 4. The SMILES string of the molecule is CC(C)=C(N)C(=O)OCCCC(=O)O. The summed E-state index contributed by atoms with van der Waals surface area (Å²) >= 11 is 0. The van der Waals surface area contributed by atoms with Gasteiger partial charge >= 0.3 is 11.9 Å². The van der Waals surface area contributed by atoms with Crippen LogP contribution in [0.1, 0.15) is 26.7 Å². The summed E-state index contributed by atoms with van der Waals surface area (Å²) in [5.41, 5.74) is 6.16. The lowest BCUT2D eigenvalue weighted by molar-refractivity contribution is -0.142. The number of hydrogen-bond donors (Lipinski definition) is 2. The molecular formula is C9H15NO4. The first-order chi connectivity index (χ1) is 6.45. The molecule has 0 rings (SSSR count). The second kappa shape index (κ2) is 6.01. The average molecular weight is 201 g/mol. The minimum Gasteiger partial charge on any atom is -0.481 e. The summed E-state index contributed by atoms with van der Waals surface area (Å²) < 4.78 is 4.73. The second-order valence-corrected chi connectivity index (χ2v) is 3.05. The van der Waals surface area contributed by atoms with Crippen molar-refractivity contribution in [3.8, 4) is 0 Å². The Morgan fingerprint density at radius 1 is 1.36 bits per heavy atom. The van der Waals surface area contributed by atoms with E-state index in [0.29, 0.717) is 12.0 Å². The predicted octanol–water partition coefficient (Wildman–Crippen LogP) is 0.647. The van der Waals surface area contributed by atoms with Gasteiger partial charge in [0.25, 0.3) is 0 Å². The van der Waals surface area contributed by atoms with Gasteiger partial charge in [0.15, 0.2) is 0 Å². The molecule has 0 fully saturated rings. The summed E-state index contributed by atoms with van der Waals surface area (Å²) in [7, 11) is 0. The Morgan fingerprint density at radius 3 is 2.36 bits per heavy atom. The zero-order chi connectivity index (χ0) is 11.1. The van der Waals surface area contributed by atoms with E-state index in [9.17, 15) is 9.59 Å². The third-order valence-corrected chi connectivity index (χ3v) is 1.53. The van der Waals surface area contributed by atoms with E-state index >= 15 is 0 Å². The zero-order valence-electron chi connectivity index (χ0n) is 8.37. The van der Waals surface area contributed by atoms with E-state index in [0.717, 1.165) is 0 Å². The maximum Gasteiger partial charge on any atom is 0.354 e. The molecule has 0 atom stereocenters. The molecule has 0 aliphatic rings. The fraction of sp³-hybridized carbons (Fsp3) is 0.556. The van der Waals surface area contributed by atoms with E-state index in [1.807, 2.05) is 0 Å². The number of nitrogens with two attached hydrogens (primary N) is 1. The van der Waals surface area contributed by atoms with Gasteiger partial charge in [0.2, 0.25) is 0 Å². The number of esters is 1. The van der Waals surface area contributed by atoms with Crippen LogP contribution in [-0.4, -0.2) is 23.7 Å². The van der Waals surface area contributed by atoms with Crippen molar-refractivity contribution >= 4 is 11.9 Å². The van der Waals surface area contributed by atoms with Gasteiger partial charge < -0.3 is 15.6 Å². The second-order valence-electron chi connectivity index (χ2n) is 3.05. The highest BCUT2D eigenvalue weighted by molar-refractivity contribution is 5.88. The number of aliphatic carboxylic acids is 1. The smallest absolute Gasteiger partial charge is 0.354 e. The van der Waals surface area contributed by atoms with Crippen LogP contribution in [0.15, 0.2) is 11.3 Å². The standard InChI is InChI=1S/C9H15NO4/c1-6(2)8(10)9(13)14-5-3-4-7(11)12/h3-5,10H2,1-2H3,(H,11,12). The predicted molar refractivity (Wildman–Crippen MR) is 50.4 cm³/mol. The molecule has 80 valence electrons. The molecule has 0 aromatic carbocycles. The Balaban J connectivity index is 3.76. The molecule has 0 saturated heterocycles. The highest BCUT2D eigenvalue weighted by Gasteiger charge is 2.08. The van der Waals surface area contributed by atoms with Crippen LogP contribution < -0.4 is 5.73 Å². The molecule has 0 unspecified atom stereocenters. The van der Waals surface area contributed by atoms with Crippen molar-refractivity contribution in [2.75, 3.05) is 6.61 Å². The molecule has 5 nitrogen and oxygen atoms in total. The Hall–Kier alpha value is -1.52. The van der Waals surface area contributed by atoms with E-state index in [1.165, 1.54) is 0 Å². The van der Waals surface area contributed by atoms with Crippen LogP contribution >= 0.6 is 0 Å². The van der Waals surface area contributed by atoms with Gasteiger partial charge in [-0.2, -0.15) is 0 Å². The van der Waals surface area contributed by atoms with Crippen LogP contribution in [0.25, 0.3) is 0 Å². The molecule has 0 aromatic heterocycles. The van der Waals surface area contributed by atoms with Gasteiger partial charge in [-0.05, 0) is 25.8 Å². The summed E-state index contributed by atoms with van der Waals surface area (Å²) in [6.07, 6.45) is 0.291. The van der Waals surface area contributed by atoms with Crippen LogP contribution in [-0.2, 0) is 14.3 Å². The Bertz CT molecular complexity index is 254. The van der Waals surface area contributed by atoms with E-state index in [-0.39, 0.29) is 18.7 Å². The highest BCUT2D eigenvalue weighted by atomic mass is 16.5. The average Bonchev–Trinajstić information content (AvgIpc) is 2.10. The number of allylic oxidation sites excluding steroid dienone is 1. The first-order valence-electron chi connectivity index (χ1n) is 4.27. The first-order valence-corrected chi connectivity index (χ1v) is 4.27. The fourth-order valence-electron chi connectivity index (χ4n) is 0.670. The highest BCUT2D eigenvalue weighted by Crippen LogP contribution is 1.99. The number of rotatable bonds is 5. The van der Waals surface area contributed by atoms with E-state index in [1.54, 1.807) is 13.8 Å². The van der Waals surface area contributed by atoms with Crippen LogP contribution in [0.5, 0.6) is 0 Å². The van der Waals surface area contributed by atoms with Gasteiger partial charge in [-0.1, -0.05) is 0 Å². The van der Waals surface area contributed by atoms with Gasteiger partial charge in [0.1, 0.15) is 5.70 Å². The van der Waals surface area contributed by atoms with Crippen molar-refractivity contribution in [2.45, 2.75) is 26.7 Å². The molecule has 0 aliphatic heterocycles. The van der Waals surface area contributed by atoms with Crippen LogP contribution in [0, 0.1) is 0 Å². The number of carbonyl (C=O) groups excluding carboxylic acids is 1. The number of carboxylic acid groups (broad SMARTS) is 1. The zero-order valence-corrected chi connectivity index (χ0v) is 8.37. The molecule has 5 heteroatoms. The molecule has 0 amide bonds. The third kappa shape index (κ3) is 5.18. The monoisotopic (exact) mass is 201 g/mol. The molecule has 0 saturated carbocycles. The van der Waals surface area contributed by atoms with Gasteiger partial charge in [-0.3, -0.25) is 4.79 Å². The molecule has 3 N–H and O–H groups in total. The van der Waals surface area contributed by atoms with Crippen molar-refractivity contribution in [1.29, 1.82) is 0 Å². The van der Waals surface area contributed by atoms with Gasteiger partial charge in [-0.25, -0.2) is 4.79 Å². The Morgan fingerprint density at radius 2 is 1.93 bits per heavy atom. The van der Waals surface area contributed by atoms with Gasteiger partial charge in [0.05, 0.1) is 6.61 Å². The molecule has 0 heterocycles. The van der Waals surface area contributed by atoms with Gasteiger partial charge in [0, 0.05) is 6.42 Å². The van der Waals surface area contributed by atoms with Crippen molar-refractivity contribution in [3.05, 3.63) is 11.3 Å². The maximum absolute atomic E-state index is 11.1. The van der Waals surface area contributed by atoms with Crippen molar-refractivity contribution in [3.63, 3.8) is 0 Å². The van der Waals surface area contributed by atoms with Crippen molar-refractivity contribution < 1.29 is 19.4 Å². The third-order valence-electron chi connectivity index (χ3n) is 1.53. The number of carbonyl (C=O) groups is 2. The maximum atomic E-state index is 11.1. The van der Waals surface area contributed by atoms with Crippen molar-refractivity contribution in [1.82, 2.24) is 0 Å². The summed E-state index contributed by atoms with van der Waals surface area (Å²) in [4.78, 5) is 21.2. The summed E-state index contributed by atoms with van der Waals surface area (Å²) in [6, 6.07) is 0. The van der Waals surface area contributed by atoms with E-state index < -0.39 is 11.9 Å². The molecule has 0 aliphatic carbocycles. The molecule has 0 aromatic rings. The first kappa shape index (κ1) is 12.5. The fourth-order valence-corrected chi connectivity index (χ4v) is 0.670. The Labute approximate surface area is 82.5 Å².